The number of nitrogens with one attached hydrogen (secondary N) is 2. The normalized spacial score (nSPS) is 13.6. The van der Waals surface area contributed by atoms with Crippen molar-refractivity contribution in [3.63, 3.8) is 0 Å². The number of hydrogen-bond acceptors (Lipinski definition) is 4. The van der Waals surface area contributed by atoms with E-state index in [4.69, 9.17) is 4.74 Å². The van der Waals surface area contributed by atoms with Gasteiger partial charge in [-0.05, 0) is 13.8 Å². The first-order valence-corrected chi connectivity index (χ1v) is 4.57. The van der Waals surface area contributed by atoms with Crippen LogP contribution in [0.5, 0.6) is 0 Å². The van der Waals surface area contributed by atoms with Crippen molar-refractivity contribution in [3.8, 4) is 0 Å². The highest BCUT2D eigenvalue weighted by Gasteiger charge is 2.21. The van der Waals surface area contributed by atoms with Gasteiger partial charge in [0.15, 0.2) is 6.10 Å². The Morgan fingerprint density at radius 3 is 2.13 bits per heavy atom. The topological polar surface area (TPSA) is 84.5 Å². The molecule has 2 N–H and O–H groups in total. The minimum atomic E-state index is -0.862. The van der Waals surface area contributed by atoms with Gasteiger partial charge < -0.3 is 15.4 Å². The lowest BCUT2D eigenvalue weighted by Gasteiger charge is -2.15. The third-order valence-electron chi connectivity index (χ3n) is 1.68. The first-order chi connectivity index (χ1) is 6.88. The number of hydrogen-bond donors (Lipinski definition) is 2. The van der Waals surface area contributed by atoms with Gasteiger partial charge in [-0.2, -0.15) is 0 Å². The summed E-state index contributed by atoms with van der Waals surface area (Å²) in [5.74, 6) is -1.35. The first kappa shape index (κ1) is 13.4. The summed E-state index contributed by atoms with van der Waals surface area (Å²) in [5, 5.41) is 4.71. The minimum Gasteiger partial charge on any atom is -0.451 e. The van der Waals surface area contributed by atoms with E-state index in [1.807, 2.05) is 0 Å². The molecule has 0 aliphatic carbocycles. The lowest BCUT2D eigenvalue weighted by Crippen LogP contribution is -2.42. The second-order valence-corrected chi connectivity index (χ2v) is 3.12. The molecule has 2 atom stereocenters. The number of ether oxygens (including phenoxy) is 1. The molecular formula is C9H16N2O4. The lowest BCUT2D eigenvalue weighted by molar-refractivity contribution is -0.156. The maximum Gasteiger partial charge on any atom is 0.329 e. The predicted octanol–water partition coefficient (Wildman–Crippen LogP) is -0.811. The van der Waals surface area contributed by atoms with Crippen LogP contribution in [0.15, 0.2) is 0 Å². The molecule has 0 aromatic heterocycles. The number of likely N-dealkylation sites (N-methyl/N-ethyl adjacent to an activating group) is 1. The summed E-state index contributed by atoms with van der Waals surface area (Å²) in [5.41, 5.74) is 0. The van der Waals surface area contributed by atoms with E-state index in [1.54, 1.807) is 0 Å². The summed E-state index contributed by atoms with van der Waals surface area (Å²) in [6.07, 6.45) is -0.862. The number of amides is 2. The predicted molar refractivity (Wildman–Crippen MR) is 52.9 cm³/mol. The van der Waals surface area contributed by atoms with Crippen LogP contribution in [0, 0.1) is 0 Å². The molecule has 6 nitrogen and oxygen atoms in total. The molecule has 86 valence electrons. The Kier molecular flexibility index (Phi) is 5.36. The quantitative estimate of drug-likeness (QED) is 0.602. The minimum absolute atomic E-state index is 0.327. The van der Waals surface area contributed by atoms with E-state index in [2.05, 4.69) is 10.6 Å². The van der Waals surface area contributed by atoms with Gasteiger partial charge in [0.2, 0.25) is 5.91 Å². The van der Waals surface area contributed by atoms with Crippen LogP contribution in [0.3, 0.4) is 0 Å². The Bertz CT molecular complexity index is 265. The van der Waals surface area contributed by atoms with Crippen molar-refractivity contribution in [2.45, 2.75) is 32.9 Å². The van der Waals surface area contributed by atoms with E-state index in [9.17, 15) is 14.4 Å². The molecule has 15 heavy (non-hydrogen) atoms. The second-order valence-electron chi connectivity index (χ2n) is 3.12. The summed E-state index contributed by atoms with van der Waals surface area (Å²) in [6.45, 7) is 4.24. The Morgan fingerprint density at radius 2 is 1.73 bits per heavy atom. The standard InChI is InChI=1S/C9H16N2O4/c1-5(11-7(3)12)9(14)15-6(2)8(13)10-4/h5-6H,1-4H3,(H,10,13)(H,11,12). The summed E-state index contributed by atoms with van der Waals surface area (Å²) >= 11 is 0. The SMILES string of the molecule is CNC(=O)C(C)OC(=O)C(C)NC(C)=O. The number of rotatable bonds is 4. The van der Waals surface area contributed by atoms with Gasteiger partial charge in [-0.3, -0.25) is 9.59 Å². The van der Waals surface area contributed by atoms with Gasteiger partial charge in [0.05, 0.1) is 0 Å². The number of carbonyl (C=O) groups excluding carboxylic acids is 3. The van der Waals surface area contributed by atoms with E-state index < -0.39 is 24.0 Å². The van der Waals surface area contributed by atoms with Crippen molar-refractivity contribution in [1.29, 1.82) is 0 Å². The second kappa shape index (κ2) is 6.00. The maximum absolute atomic E-state index is 11.3. The summed E-state index contributed by atoms with van der Waals surface area (Å²) in [7, 11) is 1.45. The molecule has 0 bridgehead atoms. The Hall–Kier alpha value is -1.59. The third-order valence-corrected chi connectivity index (χ3v) is 1.68. The average Bonchev–Trinajstić information content (AvgIpc) is 2.15. The fraction of sp³-hybridized carbons (Fsp3) is 0.667. The molecule has 0 heterocycles. The molecule has 0 fully saturated rings. The van der Waals surface area contributed by atoms with Crippen LogP contribution < -0.4 is 10.6 Å². The van der Waals surface area contributed by atoms with Crippen LogP contribution >= 0.6 is 0 Å². The van der Waals surface area contributed by atoms with Crippen molar-refractivity contribution < 1.29 is 19.1 Å². The molecule has 2 unspecified atom stereocenters. The van der Waals surface area contributed by atoms with Crippen molar-refractivity contribution in [1.82, 2.24) is 10.6 Å². The molecule has 0 radical (unpaired) electrons. The van der Waals surface area contributed by atoms with Gasteiger partial charge in [0, 0.05) is 14.0 Å². The zero-order valence-electron chi connectivity index (χ0n) is 9.29. The highest BCUT2D eigenvalue weighted by atomic mass is 16.5. The van der Waals surface area contributed by atoms with E-state index in [0.717, 1.165) is 0 Å². The van der Waals surface area contributed by atoms with Crippen LogP contribution in [0.25, 0.3) is 0 Å². The highest BCUT2D eigenvalue weighted by Crippen LogP contribution is 1.95. The average molecular weight is 216 g/mol. The molecule has 0 rings (SSSR count). The van der Waals surface area contributed by atoms with Gasteiger partial charge in [-0.15, -0.1) is 0 Å². The zero-order chi connectivity index (χ0) is 12.0. The molecule has 0 aliphatic heterocycles. The molecule has 0 saturated heterocycles. The monoisotopic (exact) mass is 216 g/mol. The van der Waals surface area contributed by atoms with E-state index in [1.165, 1.54) is 27.8 Å². The van der Waals surface area contributed by atoms with Crippen molar-refractivity contribution in [2.75, 3.05) is 7.05 Å². The molecule has 0 saturated carbocycles. The molecule has 2 amide bonds. The van der Waals surface area contributed by atoms with Crippen LogP contribution in [-0.2, 0) is 19.1 Å². The van der Waals surface area contributed by atoms with Crippen LogP contribution in [0.2, 0.25) is 0 Å². The van der Waals surface area contributed by atoms with Gasteiger partial charge in [0.25, 0.3) is 5.91 Å². The number of esters is 1. The Morgan fingerprint density at radius 1 is 1.20 bits per heavy atom. The van der Waals surface area contributed by atoms with Gasteiger partial charge in [-0.1, -0.05) is 0 Å². The molecule has 0 aliphatic rings. The van der Waals surface area contributed by atoms with E-state index in [0.29, 0.717) is 0 Å². The Labute approximate surface area is 88.4 Å². The molecular weight excluding hydrogens is 200 g/mol. The highest BCUT2D eigenvalue weighted by molar-refractivity contribution is 5.86. The molecule has 6 heteroatoms. The van der Waals surface area contributed by atoms with Crippen LogP contribution in [0.1, 0.15) is 20.8 Å². The van der Waals surface area contributed by atoms with Crippen molar-refractivity contribution >= 4 is 17.8 Å². The lowest BCUT2D eigenvalue weighted by atomic mass is 10.3. The molecule has 0 aromatic rings. The van der Waals surface area contributed by atoms with E-state index >= 15 is 0 Å². The van der Waals surface area contributed by atoms with Gasteiger partial charge >= 0.3 is 5.97 Å². The van der Waals surface area contributed by atoms with Crippen molar-refractivity contribution in [3.05, 3.63) is 0 Å². The zero-order valence-corrected chi connectivity index (χ0v) is 9.29. The smallest absolute Gasteiger partial charge is 0.329 e. The summed E-state index contributed by atoms with van der Waals surface area (Å²) < 4.78 is 4.80. The summed E-state index contributed by atoms with van der Waals surface area (Å²) in [4.78, 5) is 32.9. The molecule has 0 aromatic carbocycles. The van der Waals surface area contributed by atoms with E-state index in [-0.39, 0.29) is 5.91 Å². The van der Waals surface area contributed by atoms with Crippen LogP contribution in [-0.4, -0.2) is 37.0 Å². The van der Waals surface area contributed by atoms with Crippen molar-refractivity contribution in [2.24, 2.45) is 0 Å². The largest absolute Gasteiger partial charge is 0.451 e. The summed E-state index contributed by atoms with van der Waals surface area (Å²) in [6, 6.07) is -0.755. The molecule has 0 spiro atoms. The van der Waals surface area contributed by atoms with Crippen LogP contribution in [0.4, 0.5) is 0 Å². The first-order valence-electron chi connectivity index (χ1n) is 4.57. The number of carbonyl (C=O) groups is 3. The van der Waals surface area contributed by atoms with Gasteiger partial charge in [0.1, 0.15) is 6.04 Å². The maximum atomic E-state index is 11.3. The van der Waals surface area contributed by atoms with Gasteiger partial charge in [-0.25, -0.2) is 4.79 Å². The Balaban J connectivity index is 4.12. The fourth-order valence-electron chi connectivity index (χ4n) is 0.897. The fourth-order valence-corrected chi connectivity index (χ4v) is 0.897. The third kappa shape index (κ3) is 4.99.